The Morgan fingerprint density at radius 1 is 1.05 bits per heavy atom. The number of ether oxygens (including phenoxy) is 1. The van der Waals surface area contributed by atoms with Crippen LogP contribution < -0.4 is 14.5 Å². The lowest BCUT2D eigenvalue weighted by molar-refractivity contribution is 0.249. The van der Waals surface area contributed by atoms with E-state index in [4.69, 9.17) is 9.72 Å². The molecular formula is C30H38FN5O. The van der Waals surface area contributed by atoms with Gasteiger partial charge in [-0.05, 0) is 88.7 Å². The number of aryl methyl sites for hydroxylation is 1. The molecule has 0 N–H and O–H groups in total. The molecule has 5 rings (SSSR count). The van der Waals surface area contributed by atoms with Gasteiger partial charge < -0.3 is 19.4 Å². The molecule has 2 aliphatic rings. The van der Waals surface area contributed by atoms with Crippen molar-refractivity contribution in [2.45, 2.75) is 52.1 Å². The number of fused-ring (bicyclic) bond motifs is 1. The Kier molecular flexibility index (Phi) is 7.33. The first-order chi connectivity index (χ1) is 17.8. The fraction of sp³-hybridized carbons (Fsp3) is 0.467. The zero-order chi connectivity index (χ0) is 26.1. The van der Waals surface area contributed by atoms with Crippen molar-refractivity contribution in [3.8, 4) is 16.9 Å². The molecule has 0 saturated carbocycles. The fourth-order valence-corrected chi connectivity index (χ4v) is 5.54. The standard InChI is InChI=1S/C30H38FN5O/c1-20(2)36-12-13-37-30-21(3)14-23(16-28(30)36)26-17-24(32-19-27(26)31)15-22-6-7-29(33-18-22)35-10-8-25(9-11-35)34(4)5/h6-7,14,16-20,25H,8-13,15H2,1-5H3. The van der Waals surface area contributed by atoms with E-state index in [2.05, 4.69) is 65.8 Å². The number of hydrogen-bond donors (Lipinski definition) is 0. The normalized spacial score (nSPS) is 16.3. The van der Waals surface area contributed by atoms with Gasteiger partial charge in [-0.1, -0.05) is 6.07 Å². The van der Waals surface area contributed by atoms with Crippen LogP contribution in [0.15, 0.2) is 42.7 Å². The topological polar surface area (TPSA) is 44.7 Å². The van der Waals surface area contributed by atoms with Crippen LogP contribution in [0.2, 0.25) is 0 Å². The molecule has 1 saturated heterocycles. The predicted octanol–water partition coefficient (Wildman–Crippen LogP) is 5.32. The number of anilines is 2. The highest BCUT2D eigenvalue weighted by Crippen LogP contribution is 2.40. The highest BCUT2D eigenvalue weighted by atomic mass is 19.1. The van der Waals surface area contributed by atoms with Crippen molar-refractivity contribution in [2.24, 2.45) is 0 Å². The van der Waals surface area contributed by atoms with E-state index in [1.807, 2.05) is 25.3 Å². The largest absolute Gasteiger partial charge is 0.489 e. The molecule has 0 spiro atoms. The van der Waals surface area contributed by atoms with E-state index in [1.165, 1.54) is 6.20 Å². The minimum atomic E-state index is -0.314. The van der Waals surface area contributed by atoms with Crippen LogP contribution in [0.5, 0.6) is 5.75 Å². The van der Waals surface area contributed by atoms with E-state index in [0.29, 0.717) is 30.7 Å². The molecule has 2 aromatic heterocycles. The van der Waals surface area contributed by atoms with E-state index >= 15 is 4.39 Å². The maximum absolute atomic E-state index is 15.0. The molecule has 0 aliphatic carbocycles. The van der Waals surface area contributed by atoms with Gasteiger partial charge in [-0.2, -0.15) is 0 Å². The van der Waals surface area contributed by atoms with Gasteiger partial charge in [0.05, 0.1) is 18.4 Å². The summed E-state index contributed by atoms with van der Waals surface area (Å²) in [6, 6.07) is 11.1. The lowest BCUT2D eigenvalue weighted by atomic mass is 9.99. The molecule has 1 fully saturated rings. The van der Waals surface area contributed by atoms with Gasteiger partial charge in [-0.3, -0.25) is 4.98 Å². The van der Waals surface area contributed by atoms with Crippen LogP contribution in [0.25, 0.3) is 11.1 Å². The minimum Gasteiger partial charge on any atom is -0.489 e. The molecule has 3 aromatic rings. The minimum absolute atomic E-state index is 0.314. The molecule has 1 aromatic carbocycles. The third-order valence-corrected chi connectivity index (χ3v) is 7.70. The number of nitrogens with zero attached hydrogens (tertiary/aromatic N) is 5. The number of rotatable bonds is 6. The van der Waals surface area contributed by atoms with Crippen molar-refractivity contribution >= 4 is 11.5 Å². The van der Waals surface area contributed by atoms with Crippen molar-refractivity contribution in [2.75, 3.05) is 50.1 Å². The van der Waals surface area contributed by atoms with Crippen molar-refractivity contribution in [3.05, 3.63) is 65.4 Å². The molecule has 196 valence electrons. The fourth-order valence-electron chi connectivity index (χ4n) is 5.54. The first-order valence-electron chi connectivity index (χ1n) is 13.4. The van der Waals surface area contributed by atoms with Crippen molar-refractivity contribution < 1.29 is 9.13 Å². The van der Waals surface area contributed by atoms with Crippen LogP contribution in [-0.2, 0) is 6.42 Å². The first-order valence-corrected chi connectivity index (χ1v) is 13.4. The smallest absolute Gasteiger partial charge is 0.149 e. The summed E-state index contributed by atoms with van der Waals surface area (Å²) in [6.07, 6.45) is 6.18. The van der Waals surface area contributed by atoms with Gasteiger partial charge in [0.2, 0.25) is 0 Å². The van der Waals surface area contributed by atoms with Crippen molar-refractivity contribution in [1.29, 1.82) is 0 Å². The number of halogens is 1. The van der Waals surface area contributed by atoms with Gasteiger partial charge in [0.15, 0.2) is 0 Å². The van der Waals surface area contributed by atoms with Crippen LogP contribution >= 0.6 is 0 Å². The van der Waals surface area contributed by atoms with E-state index in [-0.39, 0.29) is 5.82 Å². The third-order valence-electron chi connectivity index (χ3n) is 7.70. The van der Waals surface area contributed by atoms with Gasteiger partial charge in [0.25, 0.3) is 0 Å². The summed E-state index contributed by atoms with van der Waals surface area (Å²) in [6.45, 7) is 9.92. The SMILES string of the molecule is Cc1cc(-c2cc(Cc3ccc(N4CCC(N(C)C)CC4)nc3)ncc2F)cc2c1OCCN2C(C)C. The Morgan fingerprint density at radius 2 is 1.84 bits per heavy atom. The summed E-state index contributed by atoms with van der Waals surface area (Å²) in [5.41, 5.74) is 5.36. The molecule has 0 radical (unpaired) electrons. The highest BCUT2D eigenvalue weighted by molar-refractivity contribution is 5.76. The van der Waals surface area contributed by atoms with Crippen LogP contribution in [0, 0.1) is 12.7 Å². The summed E-state index contributed by atoms with van der Waals surface area (Å²) in [7, 11) is 4.31. The second kappa shape index (κ2) is 10.7. The molecule has 37 heavy (non-hydrogen) atoms. The molecule has 2 aliphatic heterocycles. The third kappa shape index (κ3) is 5.42. The average Bonchev–Trinajstić information content (AvgIpc) is 2.90. The average molecular weight is 504 g/mol. The zero-order valence-corrected chi connectivity index (χ0v) is 22.7. The van der Waals surface area contributed by atoms with Crippen molar-refractivity contribution in [1.82, 2.24) is 14.9 Å². The van der Waals surface area contributed by atoms with Gasteiger partial charge in [0, 0.05) is 49.0 Å². The maximum atomic E-state index is 15.0. The monoisotopic (exact) mass is 503 g/mol. The first kappa shape index (κ1) is 25.5. The Balaban J connectivity index is 1.35. The molecular weight excluding hydrogens is 465 g/mol. The molecule has 0 atom stereocenters. The summed E-state index contributed by atoms with van der Waals surface area (Å²) in [4.78, 5) is 16.1. The quantitative estimate of drug-likeness (QED) is 0.454. The predicted molar refractivity (Wildman–Crippen MR) is 148 cm³/mol. The number of hydrogen-bond acceptors (Lipinski definition) is 6. The zero-order valence-electron chi connectivity index (χ0n) is 22.7. The van der Waals surface area contributed by atoms with Crippen molar-refractivity contribution in [3.63, 3.8) is 0 Å². The maximum Gasteiger partial charge on any atom is 0.149 e. The Bertz CT molecular complexity index is 1240. The van der Waals surface area contributed by atoms with E-state index < -0.39 is 0 Å². The van der Waals surface area contributed by atoms with Gasteiger partial charge in [-0.15, -0.1) is 0 Å². The van der Waals surface area contributed by atoms with Gasteiger partial charge >= 0.3 is 0 Å². The number of benzene rings is 1. The Labute approximate surface area is 220 Å². The summed E-state index contributed by atoms with van der Waals surface area (Å²) < 4.78 is 21.0. The van der Waals surface area contributed by atoms with E-state index in [0.717, 1.165) is 72.1 Å². The number of pyridine rings is 2. The van der Waals surface area contributed by atoms with Crippen LogP contribution in [0.3, 0.4) is 0 Å². The van der Waals surface area contributed by atoms with Crippen LogP contribution in [-0.4, -0.2) is 67.3 Å². The molecule has 4 heterocycles. The lowest BCUT2D eigenvalue weighted by Crippen LogP contribution is -2.42. The Hall–Kier alpha value is -3.19. The summed E-state index contributed by atoms with van der Waals surface area (Å²) in [5, 5.41) is 0. The molecule has 0 unspecified atom stereocenters. The highest BCUT2D eigenvalue weighted by Gasteiger charge is 2.24. The van der Waals surface area contributed by atoms with Crippen LogP contribution in [0.1, 0.15) is 43.5 Å². The molecule has 0 amide bonds. The Morgan fingerprint density at radius 3 is 2.51 bits per heavy atom. The number of aromatic nitrogens is 2. The second-order valence-electron chi connectivity index (χ2n) is 10.8. The lowest BCUT2D eigenvalue weighted by Gasteiger charge is -2.35. The van der Waals surface area contributed by atoms with E-state index in [9.17, 15) is 0 Å². The second-order valence-corrected chi connectivity index (χ2v) is 10.8. The number of piperidine rings is 1. The van der Waals surface area contributed by atoms with Gasteiger partial charge in [-0.25, -0.2) is 9.37 Å². The molecule has 6 nitrogen and oxygen atoms in total. The summed E-state index contributed by atoms with van der Waals surface area (Å²) >= 11 is 0. The molecule has 0 bridgehead atoms. The summed E-state index contributed by atoms with van der Waals surface area (Å²) in [5.74, 6) is 1.61. The van der Waals surface area contributed by atoms with Crippen LogP contribution in [0.4, 0.5) is 15.9 Å². The van der Waals surface area contributed by atoms with Gasteiger partial charge in [0.1, 0.15) is 24.0 Å². The molecule has 7 heteroatoms. The van der Waals surface area contributed by atoms with E-state index in [1.54, 1.807) is 0 Å².